The van der Waals surface area contributed by atoms with Crippen molar-refractivity contribution in [3.63, 3.8) is 0 Å². The number of nitrogens with zero attached hydrogens (tertiary/aromatic N) is 1. The monoisotopic (exact) mass is 471 g/mol. The minimum absolute atomic E-state index is 0.0544. The summed E-state index contributed by atoms with van der Waals surface area (Å²) in [4.78, 5) is 43.6. The van der Waals surface area contributed by atoms with E-state index in [-0.39, 0.29) is 29.8 Å². The second-order valence-electron chi connectivity index (χ2n) is 10.8. The van der Waals surface area contributed by atoms with E-state index in [4.69, 9.17) is 0 Å². The van der Waals surface area contributed by atoms with Crippen LogP contribution in [-0.4, -0.2) is 34.7 Å². The summed E-state index contributed by atoms with van der Waals surface area (Å²) in [6, 6.07) is 13.7. The molecule has 0 aromatic heterocycles. The van der Waals surface area contributed by atoms with Gasteiger partial charge in [0.15, 0.2) is 0 Å². The standard InChI is InChI=1S/C29H33N3O3/c1-17-14-15-21-25(18(17)2)30-28(35)29(21)24-23(22(31-29)16-19-10-6-5-7-11-19)26(33)32(27(24)34)20-12-8-3-4-9-13-20/h5-7,10-11,14-15,20,22-24,31H,3-4,8-9,12-13,16H2,1-2H3,(H,30,35)/t22-,23-,24+,29-/m1/s1. The van der Waals surface area contributed by atoms with Crippen molar-refractivity contribution in [3.8, 4) is 0 Å². The van der Waals surface area contributed by atoms with E-state index < -0.39 is 17.4 Å². The fraction of sp³-hybridized carbons (Fsp3) is 0.483. The van der Waals surface area contributed by atoms with Crippen molar-refractivity contribution in [1.29, 1.82) is 0 Å². The van der Waals surface area contributed by atoms with Crippen LogP contribution in [0.5, 0.6) is 0 Å². The molecule has 1 spiro atoms. The summed E-state index contributed by atoms with van der Waals surface area (Å²) < 4.78 is 0. The van der Waals surface area contributed by atoms with Crippen molar-refractivity contribution in [2.75, 3.05) is 5.32 Å². The summed E-state index contributed by atoms with van der Waals surface area (Å²) in [5.41, 5.74) is 3.56. The first-order valence-electron chi connectivity index (χ1n) is 13.0. The van der Waals surface area contributed by atoms with E-state index in [1.165, 1.54) is 0 Å². The van der Waals surface area contributed by atoms with Crippen LogP contribution in [0.15, 0.2) is 42.5 Å². The van der Waals surface area contributed by atoms with Crippen LogP contribution in [0.3, 0.4) is 0 Å². The molecule has 2 N–H and O–H groups in total. The number of benzene rings is 2. The Bertz CT molecular complexity index is 1200. The molecule has 2 aromatic rings. The van der Waals surface area contributed by atoms with Gasteiger partial charge in [-0.05, 0) is 49.8 Å². The van der Waals surface area contributed by atoms with Crippen LogP contribution in [0.1, 0.15) is 60.8 Å². The van der Waals surface area contributed by atoms with Crippen molar-refractivity contribution < 1.29 is 14.4 Å². The number of hydrogen-bond donors (Lipinski definition) is 2. The normalized spacial score (nSPS) is 30.5. The summed E-state index contributed by atoms with van der Waals surface area (Å²) in [5, 5.41) is 6.68. The first kappa shape index (κ1) is 22.5. The molecule has 35 heavy (non-hydrogen) atoms. The number of nitrogens with one attached hydrogen (secondary N) is 2. The fourth-order valence-corrected chi connectivity index (χ4v) is 7.06. The molecule has 1 aliphatic carbocycles. The highest BCUT2D eigenvalue weighted by Crippen LogP contribution is 2.54. The summed E-state index contributed by atoms with van der Waals surface area (Å²) in [7, 11) is 0. The number of amides is 3. The number of carbonyl (C=O) groups is 3. The Morgan fingerprint density at radius 1 is 0.914 bits per heavy atom. The van der Waals surface area contributed by atoms with Crippen LogP contribution in [0, 0.1) is 25.7 Å². The minimum atomic E-state index is -1.22. The fourth-order valence-electron chi connectivity index (χ4n) is 7.06. The molecule has 3 heterocycles. The molecule has 2 aromatic carbocycles. The van der Waals surface area contributed by atoms with Crippen LogP contribution in [0.25, 0.3) is 0 Å². The van der Waals surface area contributed by atoms with Gasteiger partial charge in [-0.15, -0.1) is 0 Å². The summed E-state index contributed by atoms with van der Waals surface area (Å²) >= 11 is 0. The SMILES string of the molecule is Cc1ccc2c(c1C)NC(=O)[C@@]21N[C@H](Cc2ccccc2)[C@H]2C(=O)N(C3CCCCCC3)C(=O)[C@H]21. The van der Waals surface area contributed by atoms with Crippen molar-refractivity contribution in [3.05, 3.63) is 64.7 Å². The summed E-state index contributed by atoms with van der Waals surface area (Å²) in [6.07, 6.45) is 6.69. The maximum Gasteiger partial charge on any atom is 0.250 e. The number of hydrogen-bond acceptors (Lipinski definition) is 4. The van der Waals surface area contributed by atoms with Gasteiger partial charge in [0.05, 0.1) is 11.8 Å². The lowest BCUT2D eigenvalue weighted by Gasteiger charge is -2.32. The molecule has 3 fully saturated rings. The van der Waals surface area contributed by atoms with Crippen LogP contribution in [0.4, 0.5) is 5.69 Å². The lowest BCUT2D eigenvalue weighted by atomic mass is 9.75. The lowest BCUT2D eigenvalue weighted by molar-refractivity contribution is -0.145. The molecular weight excluding hydrogens is 438 g/mol. The van der Waals surface area contributed by atoms with Crippen molar-refractivity contribution in [2.45, 2.75) is 76.4 Å². The van der Waals surface area contributed by atoms with Gasteiger partial charge in [0.1, 0.15) is 5.54 Å². The van der Waals surface area contributed by atoms with Gasteiger partial charge in [0, 0.05) is 23.3 Å². The third-order valence-corrected chi connectivity index (χ3v) is 8.94. The van der Waals surface area contributed by atoms with Crippen molar-refractivity contribution in [1.82, 2.24) is 10.2 Å². The average molecular weight is 472 g/mol. The molecule has 6 rings (SSSR count). The second-order valence-corrected chi connectivity index (χ2v) is 10.8. The maximum absolute atomic E-state index is 14.2. The van der Waals surface area contributed by atoms with E-state index >= 15 is 0 Å². The molecule has 6 nitrogen and oxygen atoms in total. The Morgan fingerprint density at radius 2 is 1.63 bits per heavy atom. The van der Waals surface area contributed by atoms with Crippen LogP contribution in [-0.2, 0) is 26.3 Å². The molecule has 1 saturated carbocycles. The Labute approximate surface area is 206 Å². The van der Waals surface area contributed by atoms with E-state index in [9.17, 15) is 14.4 Å². The lowest BCUT2D eigenvalue weighted by Crippen LogP contribution is -2.54. The number of fused-ring (bicyclic) bond motifs is 4. The zero-order chi connectivity index (χ0) is 24.3. The predicted molar refractivity (Wildman–Crippen MR) is 134 cm³/mol. The number of imide groups is 1. The van der Waals surface area contributed by atoms with Gasteiger partial charge >= 0.3 is 0 Å². The first-order valence-corrected chi connectivity index (χ1v) is 13.0. The first-order chi connectivity index (χ1) is 16.9. The number of rotatable bonds is 3. The number of aryl methyl sites for hydroxylation is 1. The molecule has 0 bridgehead atoms. The van der Waals surface area contributed by atoms with Crippen LogP contribution < -0.4 is 10.6 Å². The molecular formula is C29H33N3O3. The number of carbonyl (C=O) groups excluding carboxylic acids is 3. The second kappa shape index (κ2) is 8.30. The molecule has 182 valence electrons. The highest BCUT2D eigenvalue weighted by molar-refractivity contribution is 6.15. The van der Waals surface area contributed by atoms with E-state index in [0.29, 0.717) is 6.42 Å². The van der Waals surface area contributed by atoms with Crippen LogP contribution >= 0.6 is 0 Å². The Kier molecular flexibility index (Phi) is 5.33. The van der Waals surface area contributed by atoms with E-state index in [1.807, 2.05) is 56.3 Å². The zero-order valence-corrected chi connectivity index (χ0v) is 20.5. The van der Waals surface area contributed by atoms with Gasteiger partial charge in [0.2, 0.25) is 17.7 Å². The van der Waals surface area contributed by atoms with Gasteiger partial charge in [-0.25, -0.2) is 0 Å². The Morgan fingerprint density at radius 3 is 2.34 bits per heavy atom. The van der Waals surface area contributed by atoms with E-state index in [0.717, 1.165) is 66.5 Å². The van der Waals surface area contributed by atoms with Crippen molar-refractivity contribution >= 4 is 23.4 Å². The van der Waals surface area contributed by atoms with Gasteiger partial charge in [-0.2, -0.15) is 0 Å². The highest BCUT2D eigenvalue weighted by Gasteiger charge is 2.70. The topological polar surface area (TPSA) is 78.5 Å². The van der Waals surface area contributed by atoms with E-state index in [2.05, 4.69) is 10.6 Å². The molecule has 0 radical (unpaired) electrons. The third kappa shape index (κ3) is 3.22. The molecule has 4 atom stereocenters. The molecule has 0 unspecified atom stereocenters. The largest absolute Gasteiger partial charge is 0.324 e. The quantitative estimate of drug-likeness (QED) is 0.524. The highest BCUT2D eigenvalue weighted by atomic mass is 16.2. The summed E-state index contributed by atoms with van der Waals surface area (Å²) in [5.74, 6) is -1.76. The number of anilines is 1. The van der Waals surface area contributed by atoms with Gasteiger partial charge in [0.25, 0.3) is 0 Å². The zero-order valence-electron chi connectivity index (χ0n) is 20.5. The Hall–Kier alpha value is -2.99. The minimum Gasteiger partial charge on any atom is -0.324 e. The van der Waals surface area contributed by atoms with E-state index in [1.54, 1.807) is 4.90 Å². The maximum atomic E-state index is 14.2. The predicted octanol–water partition coefficient (Wildman–Crippen LogP) is 3.99. The molecule has 6 heteroatoms. The third-order valence-electron chi connectivity index (χ3n) is 8.94. The van der Waals surface area contributed by atoms with Crippen molar-refractivity contribution in [2.24, 2.45) is 11.8 Å². The molecule has 4 aliphatic rings. The van der Waals surface area contributed by atoms with Gasteiger partial charge in [-0.3, -0.25) is 24.6 Å². The molecule has 3 aliphatic heterocycles. The number of likely N-dealkylation sites (tertiary alicyclic amines) is 1. The van der Waals surface area contributed by atoms with Gasteiger partial charge < -0.3 is 5.32 Å². The van der Waals surface area contributed by atoms with Gasteiger partial charge in [-0.1, -0.05) is 68.1 Å². The summed E-state index contributed by atoms with van der Waals surface area (Å²) in [6.45, 7) is 4.02. The molecule has 2 saturated heterocycles. The molecule has 3 amide bonds. The smallest absolute Gasteiger partial charge is 0.250 e. The van der Waals surface area contributed by atoms with Crippen LogP contribution in [0.2, 0.25) is 0 Å². The Balaban J connectivity index is 1.47. The average Bonchev–Trinajstić information content (AvgIpc) is 3.31.